The molecule has 0 saturated heterocycles. The Morgan fingerprint density at radius 2 is 2.11 bits per heavy atom. The second kappa shape index (κ2) is 4.24. The van der Waals surface area contributed by atoms with Crippen molar-refractivity contribution in [1.82, 2.24) is 10.3 Å². The van der Waals surface area contributed by atoms with Crippen molar-refractivity contribution in [1.29, 1.82) is 0 Å². The summed E-state index contributed by atoms with van der Waals surface area (Å²) in [4.78, 5) is 4.21. The van der Waals surface area contributed by atoms with Crippen LogP contribution in [0.4, 0.5) is 0 Å². The molecular weight excluding hydrogens is 240 g/mol. The molecule has 4 rings (SSSR count). The van der Waals surface area contributed by atoms with E-state index in [1.165, 1.54) is 16.7 Å². The van der Waals surface area contributed by atoms with Crippen molar-refractivity contribution in [3.05, 3.63) is 53.3 Å². The van der Waals surface area contributed by atoms with Gasteiger partial charge in [0.15, 0.2) is 11.5 Å². The monoisotopic (exact) mass is 254 g/mol. The van der Waals surface area contributed by atoms with Crippen molar-refractivity contribution in [3.63, 3.8) is 0 Å². The van der Waals surface area contributed by atoms with Gasteiger partial charge >= 0.3 is 0 Å². The number of fused-ring (bicyclic) bond motifs is 2. The Morgan fingerprint density at radius 3 is 2.95 bits per heavy atom. The molecule has 2 aliphatic heterocycles. The third kappa shape index (κ3) is 1.76. The maximum Gasteiger partial charge on any atom is 0.231 e. The van der Waals surface area contributed by atoms with Gasteiger partial charge in [-0.05, 0) is 41.3 Å². The van der Waals surface area contributed by atoms with Crippen molar-refractivity contribution >= 4 is 0 Å². The average molecular weight is 254 g/mol. The maximum atomic E-state index is 5.48. The van der Waals surface area contributed by atoms with Crippen LogP contribution in [0.1, 0.15) is 22.7 Å². The molecule has 0 amide bonds. The standard InChI is InChI=1S/C15H14N2O2/c1-2-11(8-16-4-1)15-12-7-14-13(18-9-19-14)6-10(12)3-5-17-15/h1-2,4,6-8,15,17H,3,5,9H2. The van der Waals surface area contributed by atoms with E-state index in [1.54, 1.807) is 6.20 Å². The van der Waals surface area contributed by atoms with Gasteiger partial charge < -0.3 is 14.8 Å². The zero-order valence-electron chi connectivity index (χ0n) is 10.4. The highest BCUT2D eigenvalue weighted by molar-refractivity contribution is 5.52. The molecule has 1 unspecified atom stereocenters. The predicted molar refractivity (Wildman–Crippen MR) is 70.4 cm³/mol. The molecule has 0 bridgehead atoms. The summed E-state index contributed by atoms with van der Waals surface area (Å²) >= 11 is 0. The normalized spacial score (nSPS) is 20.1. The van der Waals surface area contributed by atoms with Crippen LogP contribution in [0, 0.1) is 0 Å². The summed E-state index contributed by atoms with van der Waals surface area (Å²) in [7, 11) is 0. The summed E-state index contributed by atoms with van der Waals surface area (Å²) in [5, 5.41) is 3.55. The molecule has 3 heterocycles. The van der Waals surface area contributed by atoms with E-state index in [1.807, 2.05) is 12.3 Å². The lowest BCUT2D eigenvalue weighted by atomic mass is 9.90. The van der Waals surface area contributed by atoms with Gasteiger partial charge in [0.1, 0.15) is 0 Å². The van der Waals surface area contributed by atoms with Crippen LogP contribution in [0.2, 0.25) is 0 Å². The quantitative estimate of drug-likeness (QED) is 0.845. The number of pyridine rings is 1. The van der Waals surface area contributed by atoms with Gasteiger partial charge in [-0.1, -0.05) is 6.07 Å². The number of nitrogens with zero attached hydrogens (tertiary/aromatic N) is 1. The van der Waals surface area contributed by atoms with Crippen molar-refractivity contribution in [2.24, 2.45) is 0 Å². The Hall–Kier alpha value is -2.07. The van der Waals surface area contributed by atoms with Gasteiger partial charge in [0.2, 0.25) is 6.79 Å². The SMILES string of the molecule is c1cncc(C2NCCc3cc4c(cc32)OCO4)c1. The molecule has 96 valence electrons. The number of hydrogen-bond acceptors (Lipinski definition) is 4. The second-order valence-electron chi connectivity index (χ2n) is 4.83. The highest BCUT2D eigenvalue weighted by Crippen LogP contribution is 2.39. The van der Waals surface area contributed by atoms with Gasteiger partial charge in [0, 0.05) is 18.9 Å². The van der Waals surface area contributed by atoms with E-state index < -0.39 is 0 Å². The highest BCUT2D eigenvalue weighted by atomic mass is 16.7. The predicted octanol–water partition coefficient (Wildman–Crippen LogP) is 2.05. The number of rotatable bonds is 1. The first-order valence-electron chi connectivity index (χ1n) is 6.47. The van der Waals surface area contributed by atoms with Gasteiger partial charge in [0.25, 0.3) is 0 Å². The van der Waals surface area contributed by atoms with Gasteiger partial charge in [0.05, 0.1) is 6.04 Å². The molecule has 1 aromatic carbocycles. The smallest absolute Gasteiger partial charge is 0.231 e. The van der Waals surface area contributed by atoms with E-state index >= 15 is 0 Å². The molecule has 0 fully saturated rings. The Bertz CT molecular complexity index is 613. The Morgan fingerprint density at radius 1 is 1.21 bits per heavy atom. The minimum Gasteiger partial charge on any atom is -0.454 e. The molecule has 0 spiro atoms. The lowest BCUT2D eigenvalue weighted by molar-refractivity contribution is 0.174. The van der Waals surface area contributed by atoms with Gasteiger partial charge in [-0.15, -0.1) is 0 Å². The summed E-state index contributed by atoms with van der Waals surface area (Å²) in [5.41, 5.74) is 3.78. The molecule has 0 radical (unpaired) electrons. The lowest BCUT2D eigenvalue weighted by Gasteiger charge is -2.27. The molecule has 2 aromatic rings. The molecule has 1 N–H and O–H groups in total. The highest BCUT2D eigenvalue weighted by Gasteiger charge is 2.25. The van der Waals surface area contributed by atoms with E-state index in [9.17, 15) is 0 Å². The van der Waals surface area contributed by atoms with Crippen LogP contribution in [0.15, 0.2) is 36.7 Å². The summed E-state index contributed by atoms with van der Waals surface area (Å²) in [6.07, 6.45) is 4.73. The first kappa shape index (κ1) is 10.8. The fourth-order valence-electron chi connectivity index (χ4n) is 2.79. The molecular formula is C15H14N2O2. The number of hydrogen-bond donors (Lipinski definition) is 1. The Balaban J connectivity index is 1.82. The largest absolute Gasteiger partial charge is 0.454 e. The van der Waals surface area contributed by atoms with Crippen LogP contribution in [0.5, 0.6) is 11.5 Å². The van der Waals surface area contributed by atoms with Gasteiger partial charge in [-0.25, -0.2) is 0 Å². The topological polar surface area (TPSA) is 43.4 Å². The van der Waals surface area contributed by atoms with Crippen molar-refractivity contribution in [3.8, 4) is 11.5 Å². The van der Waals surface area contributed by atoms with Crippen LogP contribution < -0.4 is 14.8 Å². The molecule has 0 saturated carbocycles. The summed E-state index contributed by atoms with van der Waals surface area (Å²) in [6, 6.07) is 8.47. The van der Waals surface area contributed by atoms with Crippen LogP contribution in [-0.2, 0) is 6.42 Å². The minimum absolute atomic E-state index is 0.187. The molecule has 1 atom stereocenters. The first-order valence-corrected chi connectivity index (χ1v) is 6.47. The van der Waals surface area contributed by atoms with Crippen LogP contribution >= 0.6 is 0 Å². The number of nitrogens with one attached hydrogen (secondary N) is 1. The minimum atomic E-state index is 0.187. The fraction of sp³-hybridized carbons (Fsp3) is 0.267. The van der Waals surface area contributed by atoms with Crippen LogP contribution in [-0.4, -0.2) is 18.3 Å². The third-order valence-electron chi connectivity index (χ3n) is 3.71. The molecule has 0 aliphatic carbocycles. The summed E-state index contributed by atoms with van der Waals surface area (Å²) in [6.45, 7) is 1.29. The lowest BCUT2D eigenvalue weighted by Crippen LogP contribution is -2.30. The fourth-order valence-corrected chi connectivity index (χ4v) is 2.79. The number of aromatic nitrogens is 1. The maximum absolute atomic E-state index is 5.48. The third-order valence-corrected chi connectivity index (χ3v) is 3.71. The second-order valence-corrected chi connectivity index (χ2v) is 4.83. The molecule has 4 heteroatoms. The Kier molecular flexibility index (Phi) is 2.42. The van der Waals surface area contributed by atoms with E-state index in [4.69, 9.17) is 9.47 Å². The molecule has 2 aliphatic rings. The van der Waals surface area contributed by atoms with Crippen molar-refractivity contribution < 1.29 is 9.47 Å². The zero-order chi connectivity index (χ0) is 12.7. The van der Waals surface area contributed by atoms with E-state index in [2.05, 4.69) is 28.5 Å². The molecule has 1 aromatic heterocycles. The first-order chi connectivity index (χ1) is 9.42. The molecule has 4 nitrogen and oxygen atoms in total. The summed E-state index contributed by atoms with van der Waals surface area (Å²) in [5.74, 6) is 1.71. The van der Waals surface area contributed by atoms with E-state index in [-0.39, 0.29) is 6.04 Å². The Labute approximate surface area is 111 Å². The van der Waals surface area contributed by atoms with E-state index in [0.717, 1.165) is 24.5 Å². The average Bonchev–Trinajstić information content (AvgIpc) is 2.92. The van der Waals surface area contributed by atoms with Crippen molar-refractivity contribution in [2.45, 2.75) is 12.5 Å². The summed E-state index contributed by atoms with van der Waals surface area (Å²) < 4.78 is 10.9. The van der Waals surface area contributed by atoms with Gasteiger partial charge in [-0.3, -0.25) is 4.98 Å². The van der Waals surface area contributed by atoms with Crippen LogP contribution in [0.25, 0.3) is 0 Å². The number of ether oxygens (including phenoxy) is 2. The van der Waals surface area contributed by atoms with E-state index in [0.29, 0.717) is 6.79 Å². The van der Waals surface area contributed by atoms with Gasteiger partial charge in [-0.2, -0.15) is 0 Å². The van der Waals surface area contributed by atoms with Crippen molar-refractivity contribution in [2.75, 3.05) is 13.3 Å². The molecule has 19 heavy (non-hydrogen) atoms. The zero-order valence-corrected chi connectivity index (χ0v) is 10.4. The number of benzene rings is 1. The van der Waals surface area contributed by atoms with Crippen LogP contribution in [0.3, 0.4) is 0 Å².